The Kier molecular flexibility index (Phi) is 5.87. The number of nitrogens with one attached hydrogen (secondary N) is 1. The quantitative estimate of drug-likeness (QED) is 0.547. The predicted octanol–water partition coefficient (Wildman–Crippen LogP) is 1.09. The number of thiophene rings is 1. The van der Waals surface area contributed by atoms with Crippen LogP contribution in [0, 0.1) is 10.1 Å². The van der Waals surface area contributed by atoms with Gasteiger partial charge in [0.2, 0.25) is 0 Å². The van der Waals surface area contributed by atoms with Gasteiger partial charge in [-0.05, 0) is 6.42 Å². The van der Waals surface area contributed by atoms with Crippen LogP contribution in [0.2, 0.25) is 0 Å². The summed E-state index contributed by atoms with van der Waals surface area (Å²) < 4.78 is 25.9. The Morgan fingerprint density at radius 1 is 1.55 bits per heavy atom. The normalized spacial score (nSPS) is 11.8. The minimum atomic E-state index is -3.77. The Morgan fingerprint density at radius 2 is 2.20 bits per heavy atom. The van der Waals surface area contributed by atoms with Crippen LogP contribution in [-0.4, -0.2) is 49.5 Å². The molecule has 10 heteroatoms. The summed E-state index contributed by atoms with van der Waals surface area (Å²) in [7, 11) is -2.27. The lowest BCUT2D eigenvalue weighted by atomic mass is 10.4. The fraction of sp³-hybridized carbons (Fsp3) is 0.600. The molecule has 1 heterocycles. The average Bonchev–Trinajstić information content (AvgIpc) is 2.84. The van der Waals surface area contributed by atoms with Crippen LogP contribution in [0.3, 0.4) is 0 Å². The van der Waals surface area contributed by atoms with E-state index in [9.17, 15) is 18.5 Å². The third kappa shape index (κ3) is 3.45. The summed E-state index contributed by atoms with van der Waals surface area (Å²) in [4.78, 5) is 10.2. The summed E-state index contributed by atoms with van der Waals surface area (Å²) in [5.41, 5.74) is -0.255. The summed E-state index contributed by atoms with van der Waals surface area (Å²) in [5.74, 6) is 0. The number of aliphatic hydroxyl groups excluding tert-OH is 1. The molecule has 0 spiro atoms. The van der Waals surface area contributed by atoms with Crippen molar-refractivity contribution < 1.29 is 18.4 Å². The van der Waals surface area contributed by atoms with Crippen LogP contribution >= 0.6 is 11.3 Å². The fourth-order valence-corrected chi connectivity index (χ4v) is 4.55. The molecule has 1 aromatic heterocycles. The van der Waals surface area contributed by atoms with Crippen LogP contribution in [0.4, 0.5) is 10.7 Å². The fourth-order valence-electron chi connectivity index (χ4n) is 1.62. The lowest BCUT2D eigenvalue weighted by molar-refractivity contribution is -0.383. The number of nitro groups is 1. The van der Waals surface area contributed by atoms with Gasteiger partial charge in [-0.3, -0.25) is 10.1 Å². The number of aliphatic hydroxyl groups is 1. The van der Waals surface area contributed by atoms with Crippen molar-refractivity contribution in [1.29, 1.82) is 0 Å². The lowest BCUT2D eigenvalue weighted by Gasteiger charge is -2.18. The molecule has 0 atom stereocenters. The first-order valence-electron chi connectivity index (χ1n) is 5.95. The molecule has 114 valence electrons. The van der Waals surface area contributed by atoms with Crippen LogP contribution in [0.15, 0.2) is 10.3 Å². The Hall–Kier alpha value is -1.23. The highest BCUT2D eigenvalue weighted by atomic mass is 32.2. The SMILES string of the molecule is CCN(CCCO)S(=O)(=O)c1cc([N+](=O)[O-])c(NC)s1. The van der Waals surface area contributed by atoms with E-state index in [0.29, 0.717) is 6.42 Å². The molecular formula is C10H17N3O5S2. The highest BCUT2D eigenvalue weighted by Crippen LogP contribution is 2.37. The van der Waals surface area contributed by atoms with Crippen molar-refractivity contribution in [3.8, 4) is 0 Å². The van der Waals surface area contributed by atoms with E-state index in [-0.39, 0.29) is 34.6 Å². The van der Waals surface area contributed by atoms with Gasteiger partial charge in [-0.1, -0.05) is 18.3 Å². The Labute approximate surface area is 121 Å². The minimum Gasteiger partial charge on any atom is -0.396 e. The Bertz CT molecular complexity index is 569. The van der Waals surface area contributed by atoms with Gasteiger partial charge in [-0.15, -0.1) is 0 Å². The lowest BCUT2D eigenvalue weighted by Crippen LogP contribution is -2.31. The highest BCUT2D eigenvalue weighted by molar-refractivity contribution is 7.91. The van der Waals surface area contributed by atoms with E-state index in [1.165, 1.54) is 11.4 Å². The van der Waals surface area contributed by atoms with Gasteiger partial charge in [-0.25, -0.2) is 8.42 Å². The van der Waals surface area contributed by atoms with Gasteiger partial charge < -0.3 is 10.4 Å². The van der Waals surface area contributed by atoms with E-state index in [1.54, 1.807) is 6.92 Å². The maximum Gasteiger partial charge on any atom is 0.304 e. The first-order valence-corrected chi connectivity index (χ1v) is 8.21. The molecule has 0 bridgehead atoms. The molecule has 0 unspecified atom stereocenters. The van der Waals surface area contributed by atoms with Crippen molar-refractivity contribution >= 4 is 32.0 Å². The number of nitrogens with zero attached hydrogens (tertiary/aromatic N) is 2. The van der Waals surface area contributed by atoms with Gasteiger partial charge in [0.15, 0.2) is 5.00 Å². The van der Waals surface area contributed by atoms with Crippen molar-refractivity contribution in [1.82, 2.24) is 4.31 Å². The molecule has 0 saturated carbocycles. The topological polar surface area (TPSA) is 113 Å². The van der Waals surface area contributed by atoms with Crippen molar-refractivity contribution in [2.45, 2.75) is 17.6 Å². The second-order valence-corrected chi connectivity index (χ2v) is 7.08. The second-order valence-electron chi connectivity index (χ2n) is 3.86. The van der Waals surface area contributed by atoms with E-state index in [0.717, 1.165) is 17.4 Å². The van der Waals surface area contributed by atoms with Gasteiger partial charge in [0.1, 0.15) is 4.21 Å². The number of sulfonamides is 1. The molecular weight excluding hydrogens is 306 g/mol. The number of hydrogen-bond acceptors (Lipinski definition) is 7. The molecule has 0 amide bonds. The third-order valence-electron chi connectivity index (χ3n) is 2.63. The van der Waals surface area contributed by atoms with E-state index in [4.69, 9.17) is 5.11 Å². The Morgan fingerprint density at radius 3 is 2.60 bits per heavy atom. The first kappa shape index (κ1) is 16.8. The molecule has 20 heavy (non-hydrogen) atoms. The van der Waals surface area contributed by atoms with Crippen LogP contribution in [0.5, 0.6) is 0 Å². The van der Waals surface area contributed by atoms with E-state index in [2.05, 4.69) is 5.32 Å². The largest absolute Gasteiger partial charge is 0.396 e. The van der Waals surface area contributed by atoms with Gasteiger partial charge in [-0.2, -0.15) is 4.31 Å². The standard InChI is InChI=1S/C10H17N3O5S2/c1-3-12(5-4-6-14)20(17,18)9-7-8(13(15)16)10(11-2)19-9/h7,11,14H,3-6H2,1-2H3. The van der Waals surface area contributed by atoms with Crippen molar-refractivity contribution in [2.75, 3.05) is 32.1 Å². The van der Waals surface area contributed by atoms with Gasteiger partial charge in [0, 0.05) is 32.8 Å². The summed E-state index contributed by atoms with van der Waals surface area (Å²) in [6.45, 7) is 1.98. The minimum absolute atomic E-state index is 0.0756. The average molecular weight is 323 g/mol. The van der Waals surface area contributed by atoms with Crippen LogP contribution in [0.1, 0.15) is 13.3 Å². The summed E-state index contributed by atoms with van der Waals surface area (Å²) in [5, 5.41) is 22.5. The van der Waals surface area contributed by atoms with Crippen LogP contribution < -0.4 is 5.32 Å². The third-order valence-corrected chi connectivity index (χ3v) is 6.19. The zero-order valence-electron chi connectivity index (χ0n) is 11.2. The van der Waals surface area contributed by atoms with Crippen molar-refractivity contribution in [2.24, 2.45) is 0 Å². The number of rotatable bonds is 8. The molecule has 2 N–H and O–H groups in total. The molecule has 0 radical (unpaired) electrons. The summed E-state index contributed by atoms with van der Waals surface area (Å²) in [6, 6.07) is 1.06. The molecule has 1 aromatic rings. The predicted molar refractivity (Wildman–Crippen MR) is 76.7 cm³/mol. The number of hydrogen-bond donors (Lipinski definition) is 2. The van der Waals surface area contributed by atoms with Crippen molar-refractivity contribution in [3.05, 3.63) is 16.2 Å². The molecule has 0 aliphatic heterocycles. The van der Waals surface area contributed by atoms with E-state index >= 15 is 0 Å². The maximum atomic E-state index is 12.4. The van der Waals surface area contributed by atoms with Gasteiger partial charge in [0.05, 0.1) is 4.92 Å². The summed E-state index contributed by atoms with van der Waals surface area (Å²) >= 11 is 0.827. The molecule has 0 aliphatic carbocycles. The molecule has 1 rings (SSSR count). The monoisotopic (exact) mass is 323 g/mol. The molecule has 0 aliphatic rings. The van der Waals surface area contributed by atoms with Gasteiger partial charge >= 0.3 is 5.69 Å². The van der Waals surface area contributed by atoms with Crippen LogP contribution in [0.25, 0.3) is 0 Å². The smallest absolute Gasteiger partial charge is 0.304 e. The summed E-state index contributed by atoms with van der Waals surface area (Å²) in [6.07, 6.45) is 0.319. The number of anilines is 1. The van der Waals surface area contributed by atoms with E-state index < -0.39 is 14.9 Å². The van der Waals surface area contributed by atoms with Gasteiger partial charge in [0.25, 0.3) is 10.0 Å². The second kappa shape index (κ2) is 6.97. The molecule has 0 saturated heterocycles. The molecule has 0 aromatic carbocycles. The van der Waals surface area contributed by atoms with E-state index in [1.807, 2.05) is 0 Å². The maximum absolute atomic E-state index is 12.4. The van der Waals surface area contributed by atoms with Crippen molar-refractivity contribution in [3.63, 3.8) is 0 Å². The zero-order chi connectivity index (χ0) is 15.3. The zero-order valence-corrected chi connectivity index (χ0v) is 12.8. The first-order chi connectivity index (χ1) is 9.38. The molecule has 8 nitrogen and oxygen atoms in total. The molecule has 0 fully saturated rings. The Balaban J connectivity index is 3.17. The highest BCUT2D eigenvalue weighted by Gasteiger charge is 2.29. The van der Waals surface area contributed by atoms with Crippen LogP contribution in [-0.2, 0) is 10.0 Å².